The van der Waals surface area contributed by atoms with Crippen LogP contribution in [0.1, 0.15) is 5.56 Å². The Kier molecular flexibility index (Phi) is 2.21. The minimum Gasteiger partial charge on any atom is -0.382 e. The highest BCUT2D eigenvalue weighted by atomic mass is 15.3. The third kappa shape index (κ3) is 1.40. The molecule has 5 heteroatoms. The Morgan fingerprint density at radius 3 is 2.89 bits per heavy atom. The maximum Gasteiger partial charge on any atom is 0.145 e. The second kappa shape index (κ2) is 3.86. The first-order valence-electron chi connectivity index (χ1n) is 5.39. The standard InChI is InChI=1S/C13H9N5/c14-7-9-8-17-18(13(9)15)12-5-1-4-11-10(12)3-2-6-16-11/h1-6,8H,15H2. The van der Waals surface area contributed by atoms with Crippen molar-refractivity contribution >= 4 is 16.7 Å². The molecule has 1 aromatic carbocycles. The van der Waals surface area contributed by atoms with Crippen molar-refractivity contribution in [1.82, 2.24) is 14.8 Å². The van der Waals surface area contributed by atoms with E-state index < -0.39 is 0 Å². The molecule has 0 aliphatic heterocycles. The normalized spacial score (nSPS) is 10.4. The van der Waals surface area contributed by atoms with Gasteiger partial charge in [0.05, 0.1) is 17.4 Å². The number of nitrogens with two attached hydrogens (primary N) is 1. The number of hydrogen-bond donors (Lipinski definition) is 1. The zero-order chi connectivity index (χ0) is 12.5. The fourth-order valence-corrected chi connectivity index (χ4v) is 1.91. The molecule has 86 valence electrons. The van der Waals surface area contributed by atoms with Gasteiger partial charge in [0.1, 0.15) is 17.5 Å². The number of hydrogen-bond acceptors (Lipinski definition) is 4. The van der Waals surface area contributed by atoms with E-state index in [0.717, 1.165) is 16.6 Å². The van der Waals surface area contributed by atoms with Gasteiger partial charge in [-0.25, -0.2) is 4.68 Å². The highest BCUT2D eigenvalue weighted by molar-refractivity contribution is 5.87. The summed E-state index contributed by atoms with van der Waals surface area (Å²) in [6.07, 6.45) is 3.20. The summed E-state index contributed by atoms with van der Waals surface area (Å²) in [5.41, 5.74) is 7.95. The summed E-state index contributed by atoms with van der Waals surface area (Å²) in [4.78, 5) is 4.28. The van der Waals surface area contributed by atoms with Crippen LogP contribution in [0, 0.1) is 11.3 Å². The van der Waals surface area contributed by atoms with E-state index in [4.69, 9.17) is 11.0 Å². The second-order valence-electron chi connectivity index (χ2n) is 3.81. The van der Waals surface area contributed by atoms with E-state index in [1.807, 2.05) is 36.4 Å². The Bertz CT molecular complexity index is 761. The third-order valence-corrected chi connectivity index (χ3v) is 2.78. The molecule has 3 rings (SSSR count). The molecule has 0 bridgehead atoms. The van der Waals surface area contributed by atoms with Crippen molar-refractivity contribution in [1.29, 1.82) is 5.26 Å². The number of rotatable bonds is 1. The van der Waals surface area contributed by atoms with E-state index in [-0.39, 0.29) is 0 Å². The van der Waals surface area contributed by atoms with Gasteiger partial charge < -0.3 is 5.73 Å². The van der Waals surface area contributed by atoms with E-state index in [2.05, 4.69) is 10.1 Å². The van der Waals surface area contributed by atoms with Gasteiger partial charge in [-0.15, -0.1) is 0 Å². The molecule has 0 amide bonds. The largest absolute Gasteiger partial charge is 0.382 e. The van der Waals surface area contributed by atoms with E-state index >= 15 is 0 Å². The average Bonchev–Trinajstić information content (AvgIpc) is 2.79. The predicted octanol–water partition coefficient (Wildman–Crippen LogP) is 1.87. The fraction of sp³-hybridized carbons (Fsp3) is 0. The zero-order valence-corrected chi connectivity index (χ0v) is 9.41. The predicted molar refractivity (Wildman–Crippen MR) is 68.0 cm³/mol. The molecule has 2 aromatic heterocycles. The fourth-order valence-electron chi connectivity index (χ4n) is 1.91. The SMILES string of the molecule is N#Cc1cnn(-c2cccc3ncccc23)c1N. The molecular formula is C13H9N5. The van der Waals surface area contributed by atoms with Gasteiger partial charge in [0.25, 0.3) is 0 Å². The summed E-state index contributed by atoms with van der Waals surface area (Å²) < 4.78 is 1.56. The Labute approximate surface area is 103 Å². The number of anilines is 1. The Balaban J connectivity index is 2.32. The van der Waals surface area contributed by atoms with Gasteiger partial charge in [0.2, 0.25) is 0 Å². The smallest absolute Gasteiger partial charge is 0.145 e. The lowest BCUT2D eigenvalue weighted by Gasteiger charge is -2.07. The lowest BCUT2D eigenvalue weighted by molar-refractivity contribution is 0.898. The molecule has 0 aliphatic carbocycles. The number of nitrogen functional groups attached to an aromatic ring is 1. The number of pyridine rings is 1. The molecule has 0 unspecified atom stereocenters. The molecule has 2 N–H and O–H groups in total. The van der Waals surface area contributed by atoms with Crippen molar-refractivity contribution in [3.8, 4) is 11.8 Å². The third-order valence-electron chi connectivity index (χ3n) is 2.78. The first-order valence-corrected chi connectivity index (χ1v) is 5.39. The monoisotopic (exact) mass is 235 g/mol. The molecule has 2 heterocycles. The molecule has 0 spiro atoms. The van der Waals surface area contributed by atoms with Crippen LogP contribution in [0.3, 0.4) is 0 Å². The summed E-state index contributed by atoms with van der Waals surface area (Å²) in [6.45, 7) is 0. The van der Waals surface area contributed by atoms with Crippen LogP contribution in [0.5, 0.6) is 0 Å². The highest BCUT2D eigenvalue weighted by Gasteiger charge is 2.10. The minimum absolute atomic E-state index is 0.342. The maximum absolute atomic E-state index is 8.90. The molecule has 5 nitrogen and oxygen atoms in total. The van der Waals surface area contributed by atoms with Crippen molar-refractivity contribution in [2.75, 3.05) is 5.73 Å². The minimum atomic E-state index is 0.342. The van der Waals surface area contributed by atoms with Crippen LogP contribution >= 0.6 is 0 Å². The van der Waals surface area contributed by atoms with Crippen LogP contribution in [-0.2, 0) is 0 Å². The summed E-state index contributed by atoms with van der Waals surface area (Å²) in [5.74, 6) is 0.342. The summed E-state index contributed by atoms with van der Waals surface area (Å²) in [5, 5.41) is 14.0. The van der Waals surface area contributed by atoms with Crippen LogP contribution in [-0.4, -0.2) is 14.8 Å². The average molecular weight is 235 g/mol. The summed E-state index contributed by atoms with van der Waals surface area (Å²) in [7, 11) is 0. The lowest BCUT2D eigenvalue weighted by atomic mass is 10.2. The van der Waals surface area contributed by atoms with Crippen molar-refractivity contribution in [3.63, 3.8) is 0 Å². The first kappa shape index (κ1) is 10.3. The van der Waals surface area contributed by atoms with Gasteiger partial charge in [0.15, 0.2) is 0 Å². The van der Waals surface area contributed by atoms with Gasteiger partial charge in [-0.1, -0.05) is 6.07 Å². The van der Waals surface area contributed by atoms with E-state index in [9.17, 15) is 0 Å². The van der Waals surface area contributed by atoms with Gasteiger partial charge in [-0.3, -0.25) is 4.98 Å². The lowest BCUT2D eigenvalue weighted by Crippen LogP contribution is -2.03. The topological polar surface area (TPSA) is 80.5 Å². The molecule has 0 radical (unpaired) electrons. The Morgan fingerprint density at radius 2 is 2.11 bits per heavy atom. The van der Waals surface area contributed by atoms with Gasteiger partial charge in [-0.2, -0.15) is 10.4 Å². The summed E-state index contributed by atoms with van der Waals surface area (Å²) in [6, 6.07) is 11.5. The van der Waals surface area contributed by atoms with Crippen molar-refractivity contribution in [3.05, 3.63) is 48.3 Å². The number of aromatic nitrogens is 3. The van der Waals surface area contributed by atoms with Crippen molar-refractivity contribution in [2.45, 2.75) is 0 Å². The summed E-state index contributed by atoms with van der Waals surface area (Å²) >= 11 is 0. The van der Waals surface area contributed by atoms with E-state index in [1.165, 1.54) is 6.20 Å². The van der Waals surface area contributed by atoms with Crippen LogP contribution in [0.2, 0.25) is 0 Å². The first-order chi connectivity index (χ1) is 8.81. The van der Waals surface area contributed by atoms with Crippen LogP contribution in [0.4, 0.5) is 5.82 Å². The van der Waals surface area contributed by atoms with Crippen molar-refractivity contribution < 1.29 is 0 Å². The van der Waals surface area contributed by atoms with E-state index in [1.54, 1.807) is 10.9 Å². The number of nitrogens with zero attached hydrogens (tertiary/aromatic N) is 4. The van der Waals surface area contributed by atoms with Gasteiger partial charge >= 0.3 is 0 Å². The molecule has 0 atom stereocenters. The second-order valence-corrected chi connectivity index (χ2v) is 3.81. The molecule has 0 aliphatic rings. The molecule has 0 saturated heterocycles. The van der Waals surface area contributed by atoms with Gasteiger partial charge in [-0.05, 0) is 24.3 Å². The molecule has 0 fully saturated rings. The van der Waals surface area contributed by atoms with Crippen molar-refractivity contribution in [2.24, 2.45) is 0 Å². The van der Waals surface area contributed by atoms with Crippen LogP contribution in [0.15, 0.2) is 42.7 Å². The van der Waals surface area contributed by atoms with Crippen LogP contribution < -0.4 is 5.73 Å². The quantitative estimate of drug-likeness (QED) is 0.698. The maximum atomic E-state index is 8.90. The van der Waals surface area contributed by atoms with Crippen LogP contribution in [0.25, 0.3) is 16.6 Å². The Hall–Kier alpha value is -2.87. The Morgan fingerprint density at radius 1 is 1.22 bits per heavy atom. The number of nitriles is 1. The molecule has 3 aromatic rings. The zero-order valence-electron chi connectivity index (χ0n) is 9.41. The molecule has 0 saturated carbocycles. The number of fused-ring (bicyclic) bond motifs is 1. The number of benzene rings is 1. The molecule has 18 heavy (non-hydrogen) atoms. The van der Waals surface area contributed by atoms with Gasteiger partial charge in [0, 0.05) is 11.6 Å². The molecular weight excluding hydrogens is 226 g/mol. The highest BCUT2D eigenvalue weighted by Crippen LogP contribution is 2.23. The van der Waals surface area contributed by atoms with E-state index in [0.29, 0.717) is 11.4 Å².